The summed E-state index contributed by atoms with van der Waals surface area (Å²) in [6.07, 6.45) is 0. The zero-order valence-corrected chi connectivity index (χ0v) is 20.1. The largest absolute Gasteiger partial charge is 0.501 e. The van der Waals surface area contributed by atoms with Gasteiger partial charge in [-0.1, -0.05) is 6.07 Å². The van der Waals surface area contributed by atoms with Crippen LogP contribution in [-0.2, 0) is 37.0 Å². The molecular weight excluding hydrogens is 488 g/mol. The van der Waals surface area contributed by atoms with Crippen molar-refractivity contribution in [1.82, 2.24) is 14.9 Å². The van der Waals surface area contributed by atoms with E-state index in [0.717, 1.165) is 12.1 Å². The second kappa shape index (κ2) is 10.9. The zero-order valence-electron chi connectivity index (χ0n) is 19.2. The summed E-state index contributed by atoms with van der Waals surface area (Å²) in [5, 5.41) is 30.7. The Labute approximate surface area is 199 Å². The van der Waals surface area contributed by atoms with Crippen molar-refractivity contribution < 1.29 is 42.9 Å². The fraction of sp³-hybridized carbons (Fsp3) is 0.476. The highest BCUT2D eigenvalue weighted by Crippen LogP contribution is 2.47. The zero-order chi connectivity index (χ0) is 25.8. The third-order valence-electron chi connectivity index (χ3n) is 5.16. The van der Waals surface area contributed by atoms with E-state index in [1.54, 1.807) is 13.8 Å². The molecule has 1 aliphatic heterocycles. The summed E-state index contributed by atoms with van der Waals surface area (Å²) < 4.78 is 44.5. The smallest absolute Gasteiger partial charge is 0.361 e. The van der Waals surface area contributed by atoms with Crippen LogP contribution in [0, 0.1) is 5.82 Å². The summed E-state index contributed by atoms with van der Waals surface area (Å²) in [6.45, 7) is 1.64. The van der Waals surface area contributed by atoms with Crippen molar-refractivity contribution in [2.45, 2.75) is 32.5 Å². The predicted octanol–water partition coefficient (Wildman–Crippen LogP) is 0.119. The third-order valence-corrected chi connectivity index (χ3v) is 7.22. The molecule has 2 aromatic rings. The molecule has 192 valence electrons. The summed E-state index contributed by atoms with van der Waals surface area (Å²) in [4.78, 5) is 29.6. The van der Waals surface area contributed by atoms with Crippen LogP contribution >= 0.6 is 7.60 Å². The fourth-order valence-electron chi connectivity index (χ4n) is 3.53. The van der Waals surface area contributed by atoms with Crippen molar-refractivity contribution in [2.24, 2.45) is 0 Å². The third kappa shape index (κ3) is 5.77. The molecular formula is C21H27FN3O9P. The standard InChI is InChI=1S/C21H27FN3O9P/c1-21(2)20-24-16(17(28)19(30)25(20)5-8-32-21)18(29)23-12-13-3-4-14(22)11-15(13)35(31,33-9-6-26)34-10-7-27/h3-4,11,26-28H,5-10,12H2,1-2H3,(H,23,29). The summed E-state index contributed by atoms with van der Waals surface area (Å²) >= 11 is 0. The van der Waals surface area contributed by atoms with Gasteiger partial charge in [-0.3, -0.25) is 18.7 Å². The molecule has 0 spiro atoms. The lowest BCUT2D eigenvalue weighted by Gasteiger charge is -2.32. The van der Waals surface area contributed by atoms with E-state index in [9.17, 15) is 23.7 Å². The quantitative estimate of drug-likeness (QED) is 0.319. The van der Waals surface area contributed by atoms with Gasteiger partial charge in [-0.25, -0.2) is 9.37 Å². The Hall–Kier alpha value is -2.67. The number of hydrogen-bond donors (Lipinski definition) is 4. The number of aromatic nitrogens is 2. The minimum Gasteiger partial charge on any atom is -0.501 e. The normalized spacial score (nSPS) is 15.0. The molecule has 0 aliphatic carbocycles. The van der Waals surface area contributed by atoms with Crippen LogP contribution < -0.4 is 16.2 Å². The number of benzene rings is 1. The van der Waals surface area contributed by atoms with Crippen molar-refractivity contribution in [3.05, 3.63) is 51.5 Å². The van der Waals surface area contributed by atoms with Crippen LogP contribution in [0.2, 0.25) is 0 Å². The number of carbonyl (C=O) groups is 1. The second-order valence-electron chi connectivity index (χ2n) is 8.02. The van der Waals surface area contributed by atoms with Gasteiger partial charge in [0.15, 0.2) is 5.69 Å². The molecule has 0 radical (unpaired) electrons. The van der Waals surface area contributed by atoms with E-state index in [1.165, 1.54) is 10.6 Å². The van der Waals surface area contributed by atoms with Gasteiger partial charge >= 0.3 is 7.60 Å². The maximum Gasteiger partial charge on any atom is 0.361 e. The number of hydrogen-bond acceptors (Lipinski definition) is 10. The van der Waals surface area contributed by atoms with Gasteiger partial charge in [-0.15, -0.1) is 0 Å². The molecule has 0 saturated carbocycles. The van der Waals surface area contributed by atoms with Crippen molar-refractivity contribution >= 4 is 18.8 Å². The SMILES string of the molecule is CC1(C)OCCn2c1nc(C(=O)NCc1ccc(F)cc1P(=O)(OCCO)OCCO)c(O)c2=O. The van der Waals surface area contributed by atoms with E-state index >= 15 is 0 Å². The van der Waals surface area contributed by atoms with Gasteiger partial charge in [0.1, 0.15) is 17.2 Å². The van der Waals surface area contributed by atoms with Gasteiger partial charge in [0.25, 0.3) is 11.5 Å². The van der Waals surface area contributed by atoms with Crippen LogP contribution in [0.15, 0.2) is 23.0 Å². The van der Waals surface area contributed by atoms with Gasteiger partial charge in [-0.05, 0) is 31.5 Å². The van der Waals surface area contributed by atoms with Crippen LogP contribution in [0.3, 0.4) is 0 Å². The van der Waals surface area contributed by atoms with Gasteiger partial charge < -0.3 is 34.4 Å². The second-order valence-corrected chi connectivity index (χ2v) is 10.0. The maximum absolute atomic E-state index is 14.0. The molecule has 0 unspecified atom stereocenters. The van der Waals surface area contributed by atoms with Crippen LogP contribution in [-0.4, -0.2) is 63.8 Å². The Balaban J connectivity index is 1.92. The van der Waals surface area contributed by atoms with Gasteiger partial charge in [0.2, 0.25) is 5.75 Å². The fourth-order valence-corrected chi connectivity index (χ4v) is 5.31. The number of aliphatic hydroxyl groups excluding tert-OH is 2. The number of ether oxygens (including phenoxy) is 1. The lowest BCUT2D eigenvalue weighted by atomic mass is 10.1. The van der Waals surface area contributed by atoms with E-state index in [0.29, 0.717) is 0 Å². The highest BCUT2D eigenvalue weighted by molar-refractivity contribution is 7.62. The van der Waals surface area contributed by atoms with Gasteiger partial charge in [-0.2, -0.15) is 0 Å². The Morgan fingerprint density at radius 2 is 1.94 bits per heavy atom. The van der Waals surface area contributed by atoms with Gasteiger partial charge in [0.05, 0.1) is 44.9 Å². The molecule has 0 saturated heterocycles. The van der Waals surface area contributed by atoms with Gasteiger partial charge in [0, 0.05) is 6.54 Å². The topological polar surface area (TPSA) is 169 Å². The Bertz CT molecular complexity index is 1190. The van der Waals surface area contributed by atoms with E-state index in [4.69, 9.17) is 24.0 Å². The molecule has 0 fully saturated rings. The molecule has 2 heterocycles. The number of halogens is 1. The van der Waals surface area contributed by atoms with Crippen molar-refractivity contribution in [3.8, 4) is 5.75 Å². The first-order chi connectivity index (χ1) is 16.5. The van der Waals surface area contributed by atoms with Crippen molar-refractivity contribution in [3.63, 3.8) is 0 Å². The van der Waals surface area contributed by atoms with Crippen LogP contribution in [0.5, 0.6) is 5.75 Å². The maximum atomic E-state index is 14.0. The molecule has 4 N–H and O–H groups in total. The first kappa shape index (κ1) is 26.9. The molecule has 12 nitrogen and oxygen atoms in total. The molecule has 3 rings (SSSR count). The number of fused-ring (bicyclic) bond motifs is 1. The Kier molecular flexibility index (Phi) is 8.42. The highest BCUT2D eigenvalue weighted by atomic mass is 31.2. The molecule has 1 aliphatic rings. The monoisotopic (exact) mass is 515 g/mol. The number of aliphatic hydroxyl groups is 2. The lowest BCUT2D eigenvalue weighted by Crippen LogP contribution is -2.42. The number of nitrogens with zero attached hydrogens (tertiary/aromatic N) is 2. The predicted molar refractivity (Wildman–Crippen MR) is 120 cm³/mol. The highest BCUT2D eigenvalue weighted by Gasteiger charge is 2.35. The summed E-state index contributed by atoms with van der Waals surface area (Å²) in [7, 11) is -4.20. The summed E-state index contributed by atoms with van der Waals surface area (Å²) in [5.41, 5.74) is -2.17. The van der Waals surface area contributed by atoms with Crippen LogP contribution in [0.1, 0.15) is 35.7 Å². The average Bonchev–Trinajstić information content (AvgIpc) is 2.82. The van der Waals surface area contributed by atoms with E-state index in [-0.39, 0.29) is 49.6 Å². The molecule has 1 aromatic carbocycles. The first-order valence-corrected chi connectivity index (χ1v) is 12.2. The number of amides is 1. The number of carbonyl (C=O) groups excluding carboxylic acids is 1. The average molecular weight is 515 g/mol. The van der Waals surface area contributed by atoms with E-state index < -0.39 is 55.1 Å². The summed E-state index contributed by atoms with van der Waals surface area (Å²) in [6, 6.07) is 3.21. The number of aromatic hydroxyl groups is 1. The molecule has 1 amide bonds. The molecule has 0 atom stereocenters. The van der Waals surface area contributed by atoms with E-state index in [1.807, 2.05) is 0 Å². The van der Waals surface area contributed by atoms with Crippen molar-refractivity contribution in [2.75, 3.05) is 33.0 Å². The Morgan fingerprint density at radius 1 is 1.29 bits per heavy atom. The lowest BCUT2D eigenvalue weighted by molar-refractivity contribution is -0.0566. The molecule has 0 bridgehead atoms. The molecule has 14 heteroatoms. The van der Waals surface area contributed by atoms with E-state index in [2.05, 4.69) is 10.3 Å². The van der Waals surface area contributed by atoms with Crippen molar-refractivity contribution in [1.29, 1.82) is 0 Å². The summed E-state index contributed by atoms with van der Waals surface area (Å²) in [5.74, 6) is -2.35. The minimum atomic E-state index is -4.20. The number of rotatable bonds is 10. The Morgan fingerprint density at radius 3 is 2.57 bits per heavy atom. The van der Waals surface area contributed by atoms with Crippen LogP contribution in [0.4, 0.5) is 4.39 Å². The van der Waals surface area contributed by atoms with Crippen LogP contribution in [0.25, 0.3) is 0 Å². The molecule has 1 aromatic heterocycles. The first-order valence-electron chi connectivity index (χ1n) is 10.7. The minimum absolute atomic E-state index is 0.136. The molecule has 35 heavy (non-hydrogen) atoms. The number of nitrogens with one attached hydrogen (secondary N) is 1.